The zero-order chi connectivity index (χ0) is 32.4. The molecular formula is C34H31N3O7S2. The first kappa shape index (κ1) is 31.3. The Kier molecular flexibility index (Phi) is 8.85. The van der Waals surface area contributed by atoms with Crippen molar-refractivity contribution >= 4 is 37.1 Å². The van der Waals surface area contributed by atoms with Gasteiger partial charge in [-0.05, 0) is 61.1 Å². The van der Waals surface area contributed by atoms with Crippen LogP contribution >= 0.6 is 0 Å². The zero-order valence-electron chi connectivity index (χ0n) is 24.8. The minimum absolute atomic E-state index is 0.0165. The number of rotatable bonds is 10. The Morgan fingerprint density at radius 3 is 2.39 bits per heavy atom. The highest BCUT2D eigenvalue weighted by Gasteiger charge is 2.38. The fourth-order valence-corrected chi connectivity index (χ4v) is 7.14. The van der Waals surface area contributed by atoms with Crippen molar-refractivity contribution in [2.24, 2.45) is 10.3 Å². The molecule has 2 aliphatic rings. The summed E-state index contributed by atoms with van der Waals surface area (Å²) in [6, 6.07) is 26.3. The maximum Gasteiger partial charge on any atom is 0.343 e. The van der Waals surface area contributed by atoms with Crippen LogP contribution in [-0.2, 0) is 20.5 Å². The van der Waals surface area contributed by atoms with Crippen molar-refractivity contribution in [1.29, 1.82) is 0 Å². The second kappa shape index (κ2) is 13.0. The monoisotopic (exact) mass is 657 g/mol. The number of aromatic nitrogens is 1. The van der Waals surface area contributed by atoms with E-state index in [0.717, 1.165) is 18.5 Å². The Morgan fingerprint density at radius 1 is 1.00 bits per heavy atom. The van der Waals surface area contributed by atoms with E-state index in [1.165, 1.54) is 40.7 Å². The van der Waals surface area contributed by atoms with Crippen LogP contribution in [0.15, 0.2) is 109 Å². The van der Waals surface area contributed by atoms with E-state index in [1.54, 1.807) is 36.4 Å². The molecule has 2 atom stereocenters. The van der Waals surface area contributed by atoms with Crippen LogP contribution in [0.2, 0.25) is 0 Å². The van der Waals surface area contributed by atoms with Crippen LogP contribution in [0.1, 0.15) is 54.9 Å². The summed E-state index contributed by atoms with van der Waals surface area (Å²) in [6.07, 6.45) is 2.15. The van der Waals surface area contributed by atoms with Crippen LogP contribution < -0.4 is 10.3 Å². The lowest BCUT2D eigenvalue weighted by Gasteiger charge is -2.20. The topological polar surface area (TPSA) is 156 Å². The number of fused-ring (bicyclic) bond motifs is 2. The smallest absolute Gasteiger partial charge is 0.343 e. The van der Waals surface area contributed by atoms with E-state index in [4.69, 9.17) is 4.42 Å². The first-order valence-electron chi connectivity index (χ1n) is 14.9. The van der Waals surface area contributed by atoms with Gasteiger partial charge in [0.1, 0.15) is 11.5 Å². The average molecular weight is 658 g/mol. The second-order valence-electron chi connectivity index (χ2n) is 11.3. The zero-order valence-corrected chi connectivity index (χ0v) is 26.5. The van der Waals surface area contributed by atoms with E-state index in [0.29, 0.717) is 12.0 Å². The van der Waals surface area contributed by atoms with Gasteiger partial charge < -0.3 is 9.52 Å². The lowest BCUT2D eigenvalue weighted by molar-refractivity contribution is 0.379. The molecule has 1 saturated carbocycles. The summed E-state index contributed by atoms with van der Waals surface area (Å²) < 4.78 is 58.8. The minimum Gasteiger partial charge on any atom is -0.507 e. The molecule has 2 bridgehead atoms. The summed E-state index contributed by atoms with van der Waals surface area (Å²) >= 11 is 0. The maximum atomic E-state index is 13.1. The lowest BCUT2D eigenvalue weighted by atomic mass is 9.87. The molecule has 0 amide bonds. The molecule has 10 nitrogen and oxygen atoms in total. The normalized spacial score (nSPS) is 14.5. The van der Waals surface area contributed by atoms with Crippen molar-refractivity contribution in [1.82, 2.24) is 9.71 Å². The molecule has 46 heavy (non-hydrogen) atoms. The van der Waals surface area contributed by atoms with Crippen molar-refractivity contribution in [3.63, 3.8) is 0 Å². The van der Waals surface area contributed by atoms with Crippen molar-refractivity contribution in [3.8, 4) is 17.0 Å². The number of aromatic hydroxyl groups is 1. The highest BCUT2D eigenvalue weighted by molar-refractivity contribution is 7.89. The molecule has 236 valence electrons. The number of hydrogen-bond donors (Lipinski definition) is 2. The molecule has 1 fully saturated rings. The number of para-hydroxylation sites is 1. The molecule has 2 unspecified atom stereocenters. The van der Waals surface area contributed by atoms with Crippen molar-refractivity contribution < 1.29 is 26.4 Å². The molecule has 3 aromatic carbocycles. The number of benzene rings is 4. The molecule has 12 heteroatoms. The minimum atomic E-state index is -3.75. The summed E-state index contributed by atoms with van der Waals surface area (Å²) in [4.78, 5) is 17.6. The summed E-state index contributed by atoms with van der Waals surface area (Å²) in [5.41, 5.74) is 3.91. The van der Waals surface area contributed by atoms with E-state index in [9.17, 15) is 26.7 Å². The molecule has 5 aromatic rings. The van der Waals surface area contributed by atoms with Crippen LogP contribution in [0.4, 0.5) is 5.69 Å². The Morgan fingerprint density at radius 2 is 1.76 bits per heavy atom. The van der Waals surface area contributed by atoms with E-state index >= 15 is 0 Å². The van der Waals surface area contributed by atoms with Gasteiger partial charge in [0.25, 0.3) is 0 Å². The number of nitrogens with one attached hydrogen (secondary N) is 1. The van der Waals surface area contributed by atoms with E-state index in [2.05, 4.69) is 44.4 Å². The highest BCUT2D eigenvalue weighted by Crippen LogP contribution is 2.48. The van der Waals surface area contributed by atoms with Gasteiger partial charge in [0.05, 0.1) is 27.4 Å². The Hall–Kier alpha value is -4.65. The van der Waals surface area contributed by atoms with Crippen LogP contribution in [0, 0.1) is 5.92 Å². The summed E-state index contributed by atoms with van der Waals surface area (Å²) in [5.74, 6) is -0.930. The van der Waals surface area contributed by atoms with E-state index in [1.807, 2.05) is 6.92 Å². The summed E-state index contributed by atoms with van der Waals surface area (Å²) in [7, 11) is -6.37. The molecule has 0 saturated heterocycles. The molecular weight excluding hydrogens is 627 g/mol. The molecule has 0 spiro atoms. The average Bonchev–Trinajstić information content (AvgIpc) is 3.87. The van der Waals surface area contributed by atoms with Crippen LogP contribution in [0.5, 0.6) is 5.75 Å². The molecule has 1 aliphatic carbocycles. The standard InChI is InChI=1S/C25H26N2O7S2.C9H5N/c1-2-16(15-26-36(32,33)20-9-4-3-5-10-20)22-14-21(28)24(25(29)34-22)23(17-11-12-17)18-7-6-8-19(13-18)27-35(30)31;1-2-6-4-5-8-7(3-1)9(6)10-8/h3-10,13-14,16-17,23,26,28H,2,11-12,15H2,1H3;1-5H. The number of pyridine rings is 1. The number of sulfonamides is 1. The Labute approximate surface area is 267 Å². The quantitative estimate of drug-likeness (QED) is 0.175. The van der Waals surface area contributed by atoms with Gasteiger partial charge in [0, 0.05) is 35.4 Å². The van der Waals surface area contributed by atoms with Gasteiger partial charge in [-0.15, -0.1) is 4.36 Å². The van der Waals surface area contributed by atoms with Crippen LogP contribution in [0.3, 0.4) is 0 Å². The third kappa shape index (κ3) is 6.64. The fourth-order valence-electron chi connectivity index (χ4n) is 5.75. The predicted octanol–water partition coefficient (Wildman–Crippen LogP) is 6.27. The first-order valence-corrected chi connectivity index (χ1v) is 17.4. The number of nitrogens with zero attached hydrogens (tertiary/aromatic N) is 2. The van der Waals surface area contributed by atoms with Gasteiger partial charge in [-0.2, -0.15) is 8.42 Å². The largest absolute Gasteiger partial charge is 0.507 e. The molecule has 0 radical (unpaired) electrons. The van der Waals surface area contributed by atoms with Crippen molar-refractivity contribution in [2.75, 3.05) is 6.54 Å². The number of hydrogen-bond acceptors (Lipinski definition) is 9. The van der Waals surface area contributed by atoms with Gasteiger partial charge in [0.15, 0.2) is 0 Å². The maximum absolute atomic E-state index is 13.1. The van der Waals surface area contributed by atoms with Gasteiger partial charge >= 0.3 is 16.1 Å². The SMILES string of the molecule is CCC(CNS(=O)(=O)c1ccccc1)c1cc(O)c(C(c2cccc(N=S(=O)=O)c2)C2CC2)c(=O)o1.c1cc2c3nc-2ccc3c1. The Bertz CT molecular complexity index is 2210. The van der Waals surface area contributed by atoms with E-state index < -0.39 is 38.0 Å². The lowest BCUT2D eigenvalue weighted by Crippen LogP contribution is -2.29. The van der Waals surface area contributed by atoms with Gasteiger partial charge in [-0.3, -0.25) is 0 Å². The summed E-state index contributed by atoms with van der Waals surface area (Å²) in [6.45, 7) is 1.81. The Balaban J connectivity index is 0.000000308. The predicted molar refractivity (Wildman–Crippen MR) is 174 cm³/mol. The van der Waals surface area contributed by atoms with Crippen LogP contribution in [0.25, 0.3) is 22.2 Å². The summed E-state index contributed by atoms with van der Waals surface area (Å²) in [5, 5.41) is 12.2. The fraction of sp³-hybridized carbons (Fsp3) is 0.235. The van der Waals surface area contributed by atoms with Crippen molar-refractivity contribution in [2.45, 2.75) is 42.9 Å². The second-order valence-corrected chi connectivity index (χ2v) is 13.7. The third-order valence-corrected chi connectivity index (χ3v) is 10.1. The first-order chi connectivity index (χ1) is 22.1. The van der Waals surface area contributed by atoms with Crippen LogP contribution in [-0.4, -0.2) is 33.5 Å². The molecule has 2 aromatic heterocycles. The van der Waals surface area contributed by atoms with Gasteiger partial charge in [-0.1, -0.05) is 61.5 Å². The van der Waals surface area contributed by atoms with Gasteiger partial charge in [0.2, 0.25) is 10.0 Å². The van der Waals surface area contributed by atoms with Gasteiger partial charge in [-0.25, -0.2) is 22.9 Å². The molecule has 3 heterocycles. The highest BCUT2D eigenvalue weighted by atomic mass is 32.2. The third-order valence-electron chi connectivity index (χ3n) is 8.26. The molecule has 2 N–H and O–H groups in total. The van der Waals surface area contributed by atoms with Crippen molar-refractivity contribution in [3.05, 3.63) is 118 Å². The molecule has 7 rings (SSSR count). The molecule has 1 aliphatic heterocycles. The van der Waals surface area contributed by atoms with E-state index in [-0.39, 0.29) is 40.1 Å².